The first-order chi connectivity index (χ1) is 10.6. The normalized spacial score (nSPS) is 11.2. The van der Waals surface area contributed by atoms with Crippen molar-refractivity contribution in [1.82, 2.24) is 19.6 Å². The average molecular weight is 351 g/mol. The number of benzene rings is 1. The first-order valence-corrected chi connectivity index (χ1v) is 9.19. The summed E-state index contributed by atoms with van der Waals surface area (Å²) in [4.78, 5) is 5.63. The Bertz CT molecular complexity index is 786. The molecular formula is C15H15ClN4S2. The van der Waals surface area contributed by atoms with E-state index in [2.05, 4.69) is 22.1 Å². The number of nitrogens with zero attached hydrogens (tertiary/aromatic N) is 4. The first kappa shape index (κ1) is 15.6. The largest absolute Gasteiger partial charge is 0.259 e. The Morgan fingerprint density at radius 1 is 1.05 bits per heavy atom. The SMILES string of the molecule is Cc1cc(C)n2c(SCCSc3ccc(Cl)cc3)nnc2n1. The van der Waals surface area contributed by atoms with Crippen LogP contribution in [-0.4, -0.2) is 31.1 Å². The molecule has 0 unspecified atom stereocenters. The average Bonchev–Trinajstić information content (AvgIpc) is 2.88. The van der Waals surface area contributed by atoms with E-state index in [9.17, 15) is 0 Å². The van der Waals surface area contributed by atoms with Crippen molar-refractivity contribution < 1.29 is 0 Å². The fourth-order valence-electron chi connectivity index (χ4n) is 2.12. The number of hydrogen-bond acceptors (Lipinski definition) is 5. The van der Waals surface area contributed by atoms with Gasteiger partial charge in [0.1, 0.15) is 0 Å². The molecule has 0 bridgehead atoms. The summed E-state index contributed by atoms with van der Waals surface area (Å²) >= 11 is 9.40. The Kier molecular flexibility index (Phi) is 4.90. The van der Waals surface area contributed by atoms with Gasteiger partial charge in [0.25, 0.3) is 5.78 Å². The van der Waals surface area contributed by atoms with E-state index in [0.29, 0.717) is 5.78 Å². The second kappa shape index (κ2) is 6.89. The summed E-state index contributed by atoms with van der Waals surface area (Å²) in [5, 5.41) is 10.1. The monoisotopic (exact) mass is 350 g/mol. The van der Waals surface area contributed by atoms with Crippen LogP contribution in [0.3, 0.4) is 0 Å². The highest BCUT2D eigenvalue weighted by atomic mass is 35.5. The number of hydrogen-bond donors (Lipinski definition) is 0. The number of fused-ring (bicyclic) bond motifs is 1. The molecule has 0 saturated carbocycles. The van der Waals surface area contributed by atoms with Crippen molar-refractivity contribution in [1.29, 1.82) is 0 Å². The maximum atomic E-state index is 5.88. The Labute approximate surface area is 142 Å². The van der Waals surface area contributed by atoms with Crippen molar-refractivity contribution in [2.24, 2.45) is 0 Å². The zero-order valence-electron chi connectivity index (χ0n) is 12.3. The van der Waals surface area contributed by atoms with Crippen LogP contribution in [0.25, 0.3) is 5.78 Å². The Morgan fingerprint density at radius 2 is 1.77 bits per heavy atom. The molecule has 0 N–H and O–H groups in total. The second-order valence-corrected chi connectivity index (χ2v) is 7.47. The van der Waals surface area contributed by atoms with Gasteiger partial charge in [-0.3, -0.25) is 4.40 Å². The Morgan fingerprint density at radius 3 is 2.55 bits per heavy atom. The summed E-state index contributed by atoms with van der Waals surface area (Å²) in [6, 6.07) is 9.96. The summed E-state index contributed by atoms with van der Waals surface area (Å²) < 4.78 is 2.00. The summed E-state index contributed by atoms with van der Waals surface area (Å²) in [5.74, 6) is 2.63. The predicted octanol–water partition coefficient (Wildman–Crippen LogP) is 4.28. The van der Waals surface area contributed by atoms with Crippen LogP contribution in [0.4, 0.5) is 0 Å². The van der Waals surface area contributed by atoms with Crippen LogP contribution in [-0.2, 0) is 0 Å². The Hall–Kier alpha value is -1.24. The van der Waals surface area contributed by atoms with Crippen molar-refractivity contribution in [2.45, 2.75) is 23.9 Å². The third kappa shape index (κ3) is 3.56. The summed E-state index contributed by atoms with van der Waals surface area (Å²) in [6.45, 7) is 4.02. The maximum absolute atomic E-state index is 5.88. The molecule has 0 atom stereocenters. The molecule has 3 aromatic rings. The minimum Gasteiger partial charge on any atom is -0.259 e. The van der Waals surface area contributed by atoms with Gasteiger partial charge in [-0.15, -0.1) is 22.0 Å². The van der Waals surface area contributed by atoms with E-state index < -0.39 is 0 Å². The molecule has 0 aliphatic carbocycles. The van der Waals surface area contributed by atoms with Gasteiger partial charge in [0.05, 0.1) is 0 Å². The lowest BCUT2D eigenvalue weighted by molar-refractivity contribution is 0.887. The number of halogens is 1. The molecule has 0 saturated heterocycles. The quantitative estimate of drug-likeness (QED) is 0.507. The third-order valence-electron chi connectivity index (χ3n) is 3.06. The zero-order chi connectivity index (χ0) is 15.5. The molecular weight excluding hydrogens is 336 g/mol. The van der Waals surface area contributed by atoms with Crippen LogP contribution in [0.1, 0.15) is 11.4 Å². The summed E-state index contributed by atoms with van der Waals surface area (Å²) in [5.41, 5.74) is 2.08. The second-order valence-electron chi connectivity index (χ2n) is 4.81. The van der Waals surface area contributed by atoms with Gasteiger partial charge in [-0.25, -0.2) is 4.98 Å². The topological polar surface area (TPSA) is 43.1 Å². The van der Waals surface area contributed by atoms with Crippen molar-refractivity contribution >= 4 is 40.9 Å². The smallest absolute Gasteiger partial charge is 0.256 e. The molecule has 114 valence electrons. The van der Waals surface area contributed by atoms with E-state index in [1.165, 1.54) is 4.90 Å². The van der Waals surface area contributed by atoms with Gasteiger partial charge in [0.15, 0.2) is 5.16 Å². The highest BCUT2D eigenvalue weighted by Crippen LogP contribution is 2.24. The summed E-state index contributed by atoms with van der Waals surface area (Å²) in [7, 11) is 0. The molecule has 0 amide bonds. The Balaban J connectivity index is 1.61. The number of aryl methyl sites for hydroxylation is 2. The van der Waals surface area contributed by atoms with E-state index in [4.69, 9.17) is 11.6 Å². The molecule has 22 heavy (non-hydrogen) atoms. The zero-order valence-corrected chi connectivity index (χ0v) is 14.7. The molecule has 0 aliphatic rings. The lowest BCUT2D eigenvalue weighted by atomic mass is 10.3. The number of aromatic nitrogens is 4. The van der Waals surface area contributed by atoms with Crippen molar-refractivity contribution in [3.63, 3.8) is 0 Å². The fraction of sp³-hybridized carbons (Fsp3) is 0.267. The number of thioether (sulfide) groups is 2. The first-order valence-electron chi connectivity index (χ1n) is 6.84. The molecule has 1 aromatic carbocycles. The van der Waals surface area contributed by atoms with E-state index in [1.54, 1.807) is 11.8 Å². The molecule has 0 radical (unpaired) electrons. The minimum atomic E-state index is 0.672. The molecule has 4 nitrogen and oxygen atoms in total. The van der Waals surface area contributed by atoms with Gasteiger partial charge in [0, 0.05) is 32.8 Å². The highest BCUT2D eigenvalue weighted by Gasteiger charge is 2.09. The van der Waals surface area contributed by atoms with Crippen molar-refractivity contribution in [3.05, 3.63) is 46.7 Å². The third-order valence-corrected chi connectivity index (χ3v) is 5.51. The highest BCUT2D eigenvalue weighted by molar-refractivity contribution is 8.02. The van der Waals surface area contributed by atoms with Gasteiger partial charge in [0.2, 0.25) is 0 Å². The van der Waals surface area contributed by atoms with E-state index in [1.807, 2.05) is 53.4 Å². The molecule has 0 spiro atoms. The molecule has 3 rings (SSSR count). The molecule has 2 heterocycles. The minimum absolute atomic E-state index is 0.672. The molecule has 2 aromatic heterocycles. The molecule has 0 fully saturated rings. The number of rotatable bonds is 5. The van der Waals surface area contributed by atoms with Gasteiger partial charge in [-0.1, -0.05) is 23.4 Å². The van der Waals surface area contributed by atoms with Gasteiger partial charge >= 0.3 is 0 Å². The van der Waals surface area contributed by atoms with Crippen LogP contribution in [0.5, 0.6) is 0 Å². The van der Waals surface area contributed by atoms with E-state index in [-0.39, 0.29) is 0 Å². The predicted molar refractivity (Wildman–Crippen MR) is 93.2 cm³/mol. The van der Waals surface area contributed by atoms with Crippen LogP contribution in [0, 0.1) is 13.8 Å². The van der Waals surface area contributed by atoms with Gasteiger partial charge < -0.3 is 0 Å². The standard InChI is InChI=1S/C15H15ClN4S2/c1-10-9-11(2)20-14(17-10)18-19-15(20)22-8-7-21-13-5-3-12(16)4-6-13/h3-6,9H,7-8H2,1-2H3. The molecule has 0 aliphatic heterocycles. The maximum Gasteiger partial charge on any atom is 0.256 e. The van der Waals surface area contributed by atoms with Crippen LogP contribution < -0.4 is 0 Å². The molecule has 7 heteroatoms. The van der Waals surface area contributed by atoms with Crippen molar-refractivity contribution in [2.75, 3.05) is 11.5 Å². The van der Waals surface area contributed by atoms with Gasteiger partial charge in [-0.05, 0) is 44.2 Å². The fourth-order valence-corrected chi connectivity index (χ4v) is 4.11. The lowest BCUT2D eigenvalue weighted by Gasteiger charge is -2.04. The lowest BCUT2D eigenvalue weighted by Crippen LogP contribution is -1.98. The van der Waals surface area contributed by atoms with Crippen LogP contribution >= 0.6 is 35.1 Å². The van der Waals surface area contributed by atoms with E-state index >= 15 is 0 Å². The van der Waals surface area contributed by atoms with Crippen LogP contribution in [0.2, 0.25) is 5.02 Å². The van der Waals surface area contributed by atoms with E-state index in [0.717, 1.165) is 33.1 Å². The van der Waals surface area contributed by atoms with Crippen molar-refractivity contribution in [3.8, 4) is 0 Å². The van der Waals surface area contributed by atoms with Crippen LogP contribution in [0.15, 0.2) is 40.4 Å². The summed E-state index contributed by atoms with van der Waals surface area (Å²) in [6.07, 6.45) is 0. The van der Waals surface area contributed by atoms with Gasteiger partial charge in [-0.2, -0.15) is 0 Å².